The quantitative estimate of drug-likeness (QED) is 0.769. The first-order valence-electron chi connectivity index (χ1n) is 4.98. The van der Waals surface area contributed by atoms with Crippen molar-refractivity contribution in [2.45, 2.75) is 26.7 Å². The van der Waals surface area contributed by atoms with Crippen LogP contribution in [0, 0.1) is 0 Å². The van der Waals surface area contributed by atoms with Gasteiger partial charge in [-0.3, -0.25) is 4.79 Å². The summed E-state index contributed by atoms with van der Waals surface area (Å²) in [7, 11) is 0. The molecular weight excluding hydrogens is 192 g/mol. The predicted molar refractivity (Wildman–Crippen MR) is 57.5 cm³/mol. The Labute approximate surface area is 88.7 Å². The molecule has 1 aromatic rings. The van der Waals surface area contributed by atoms with E-state index in [2.05, 4.69) is 0 Å². The van der Waals surface area contributed by atoms with Crippen LogP contribution in [0.15, 0.2) is 12.1 Å². The van der Waals surface area contributed by atoms with E-state index in [1.165, 1.54) is 6.07 Å². The molecule has 80 valence electrons. The van der Waals surface area contributed by atoms with Crippen molar-refractivity contribution in [3.8, 4) is 0 Å². The molecule has 0 atom stereocenters. The fourth-order valence-corrected chi connectivity index (χ4v) is 1.84. The molecule has 0 heterocycles. The molecule has 0 radical (unpaired) electrons. The summed E-state index contributed by atoms with van der Waals surface area (Å²) in [4.78, 5) is 21.7. The lowest BCUT2D eigenvalue weighted by Crippen LogP contribution is -2.07. The van der Waals surface area contributed by atoms with Crippen LogP contribution in [0.1, 0.15) is 45.7 Å². The topological polar surface area (TPSA) is 54.4 Å². The Kier molecular flexibility index (Phi) is 3.61. The molecule has 15 heavy (non-hydrogen) atoms. The van der Waals surface area contributed by atoms with Gasteiger partial charge in [0.2, 0.25) is 0 Å². The van der Waals surface area contributed by atoms with Crippen LogP contribution in [0.3, 0.4) is 0 Å². The van der Waals surface area contributed by atoms with Gasteiger partial charge < -0.3 is 5.11 Å². The molecule has 3 nitrogen and oxygen atoms in total. The number of aromatic carboxylic acids is 1. The summed E-state index contributed by atoms with van der Waals surface area (Å²) in [5, 5.41) is 8.99. The Hall–Kier alpha value is -1.64. The highest BCUT2D eigenvalue weighted by atomic mass is 16.4. The van der Waals surface area contributed by atoms with Crippen LogP contribution < -0.4 is 0 Å². The zero-order valence-corrected chi connectivity index (χ0v) is 8.91. The van der Waals surface area contributed by atoms with Crippen molar-refractivity contribution >= 4 is 12.3 Å². The van der Waals surface area contributed by atoms with Crippen LogP contribution in [-0.2, 0) is 12.8 Å². The van der Waals surface area contributed by atoms with Gasteiger partial charge in [0.25, 0.3) is 0 Å². The average molecular weight is 206 g/mol. The third-order valence-corrected chi connectivity index (χ3v) is 2.53. The SMILES string of the molecule is CCc1c(C=O)ccc(C(=O)O)c1CC. The summed E-state index contributed by atoms with van der Waals surface area (Å²) in [5.41, 5.74) is 2.53. The number of aldehydes is 1. The maximum absolute atomic E-state index is 11.0. The smallest absolute Gasteiger partial charge is 0.335 e. The van der Waals surface area contributed by atoms with Gasteiger partial charge >= 0.3 is 5.97 Å². The molecule has 1 rings (SSSR count). The molecule has 3 heteroatoms. The van der Waals surface area contributed by atoms with Crippen molar-refractivity contribution < 1.29 is 14.7 Å². The first-order valence-corrected chi connectivity index (χ1v) is 4.98. The van der Waals surface area contributed by atoms with Gasteiger partial charge in [0.05, 0.1) is 5.56 Å². The zero-order valence-electron chi connectivity index (χ0n) is 8.91. The standard InChI is InChI=1S/C12H14O3/c1-3-9-8(7-13)5-6-11(12(14)15)10(9)4-2/h5-7H,3-4H2,1-2H3,(H,14,15). The van der Waals surface area contributed by atoms with E-state index in [0.717, 1.165) is 17.4 Å². The molecule has 0 saturated carbocycles. The molecule has 0 fully saturated rings. The second-order valence-electron chi connectivity index (χ2n) is 3.29. The summed E-state index contributed by atoms with van der Waals surface area (Å²) in [6.07, 6.45) is 2.09. The number of carbonyl (C=O) groups is 2. The van der Waals surface area contributed by atoms with Gasteiger partial charge in [0, 0.05) is 5.56 Å². The van der Waals surface area contributed by atoms with E-state index in [0.29, 0.717) is 24.0 Å². The molecule has 0 unspecified atom stereocenters. The van der Waals surface area contributed by atoms with E-state index in [9.17, 15) is 9.59 Å². The van der Waals surface area contributed by atoms with Gasteiger partial charge in [-0.1, -0.05) is 19.9 Å². The molecule has 0 aliphatic rings. The summed E-state index contributed by atoms with van der Waals surface area (Å²) in [6, 6.07) is 3.08. The lowest BCUT2D eigenvalue weighted by Gasteiger charge is -2.11. The minimum atomic E-state index is -0.931. The van der Waals surface area contributed by atoms with Crippen molar-refractivity contribution in [1.82, 2.24) is 0 Å². The van der Waals surface area contributed by atoms with E-state index in [1.54, 1.807) is 6.07 Å². The number of carboxylic acid groups (broad SMARTS) is 1. The second kappa shape index (κ2) is 4.73. The monoisotopic (exact) mass is 206 g/mol. The molecule has 1 N–H and O–H groups in total. The summed E-state index contributed by atoms with van der Waals surface area (Å²) >= 11 is 0. The first kappa shape index (κ1) is 11.4. The van der Waals surface area contributed by atoms with Crippen molar-refractivity contribution in [3.63, 3.8) is 0 Å². The van der Waals surface area contributed by atoms with Crippen molar-refractivity contribution in [1.29, 1.82) is 0 Å². The van der Waals surface area contributed by atoms with Gasteiger partial charge in [0.1, 0.15) is 6.29 Å². The lowest BCUT2D eigenvalue weighted by molar-refractivity contribution is 0.0695. The van der Waals surface area contributed by atoms with Gasteiger partial charge in [-0.25, -0.2) is 4.79 Å². The third kappa shape index (κ3) is 2.06. The summed E-state index contributed by atoms with van der Waals surface area (Å²) in [5.74, 6) is -0.931. The van der Waals surface area contributed by atoms with Crippen LogP contribution in [0.25, 0.3) is 0 Å². The normalized spacial score (nSPS) is 10.0. The van der Waals surface area contributed by atoms with E-state index in [4.69, 9.17) is 5.11 Å². The fraction of sp³-hybridized carbons (Fsp3) is 0.333. The van der Waals surface area contributed by atoms with E-state index in [-0.39, 0.29) is 0 Å². The minimum absolute atomic E-state index is 0.306. The zero-order chi connectivity index (χ0) is 11.4. The molecule has 1 aromatic carbocycles. The van der Waals surface area contributed by atoms with Crippen molar-refractivity contribution in [3.05, 3.63) is 34.4 Å². The van der Waals surface area contributed by atoms with Crippen LogP contribution in [-0.4, -0.2) is 17.4 Å². The van der Waals surface area contributed by atoms with Gasteiger partial charge in [-0.2, -0.15) is 0 Å². The lowest BCUT2D eigenvalue weighted by atomic mass is 9.93. The van der Waals surface area contributed by atoms with Crippen LogP contribution >= 0.6 is 0 Å². The maximum Gasteiger partial charge on any atom is 0.335 e. The number of hydrogen-bond acceptors (Lipinski definition) is 2. The van der Waals surface area contributed by atoms with E-state index < -0.39 is 5.97 Å². The molecule has 0 amide bonds. The summed E-state index contributed by atoms with van der Waals surface area (Å²) < 4.78 is 0. The molecule has 0 aliphatic carbocycles. The Morgan fingerprint density at radius 2 is 1.87 bits per heavy atom. The minimum Gasteiger partial charge on any atom is -0.478 e. The van der Waals surface area contributed by atoms with Gasteiger partial charge in [0.15, 0.2) is 0 Å². The second-order valence-corrected chi connectivity index (χ2v) is 3.29. The Balaban J connectivity index is 3.47. The maximum atomic E-state index is 11.0. The van der Waals surface area contributed by atoms with Crippen LogP contribution in [0.2, 0.25) is 0 Å². The molecule has 0 aromatic heterocycles. The Bertz CT molecular complexity index is 394. The van der Waals surface area contributed by atoms with Crippen molar-refractivity contribution in [2.75, 3.05) is 0 Å². The number of carbonyl (C=O) groups excluding carboxylic acids is 1. The molecular formula is C12H14O3. The van der Waals surface area contributed by atoms with E-state index in [1.807, 2.05) is 13.8 Å². The summed E-state index contributed by atoms with van der Waals surface area (Å²) in [6.45, 7) is 3.82. The Morgan fingerprint density at radius 1 is 1.27 bits per heavy atom. The number of benzene rings is 1. The van der Waals surface area contributed by atoms with Gasteiger partial charge in [-0.05, 0) is 30.0 Å². The van der Waals surface area contributed by atoms with Crippen LogP contribution in [0.5, 0.6) is 0 Å². The number of carboxylic acids is 1. The highest BCUT2D eigenvalue weighted by molar-refractivity contribution is 5.91. The molecule has 0 bridgehead atoms. The first-order chi connectivity index (χ1) is 7.15. The average Bonchev–Trinajstić information content (AvgIpc) is 2.26. The largest absolute Gasteiger partial charge is 0.478 e. The predicted octanol–water partition coefficient (Wildman–Crippen LogP) is 2.32. The molecule has 0 aliphatic heterocycles. The molecule has 0 spiro atoms. The number of hydrogen-bond donors (Lipinski definition) is 1. The third-order valence-electron chi connectivity index (χ3n) is 2.53. The van der Waals surface area contributed by atoms with E-state index >= 15 is 0 Å². The van der Waals surface area contributed by atoms with Crippen LogP contribution in [0.4, 0.5) is 0 Å². The Morgan fingerprint density at radius 3 is 2.27 bits per heavy atom. The molecule has 0 saturated heterocycles. The van der Waals surface area contributed by atoms with Crippen molar-refractivity contribution in [2.24, 2.45) is 0 Å². The number of rotatable bonds is 4. The highest BCUT2D eigenvalue weighted by Crippen LogP contribution is 2.20. The fourth-order valence-electron chi connectivity index (χ4n) is 1.84. The highest BCUT2D eigenvalue weighted by Gasteiger charge is 2.14. The van der Waals surface area contributed by atoms with Gasteiger partial charge in [-0.15, -0.1) is 0 Å².